The predicted octanol–water partition coefficient (Wildman–Crippen LogP) is 4.53. The van der Waals surface area contributed by atoms with E-state index in [9.17, 15) is 9.59 Å². The zero-order valence-corrected chi connectivity index (χ0v) is 18.0. The molecule has 0 saturated carbocycles. The Hall–Kier alpha value is -3.60. The topological polar surface area (TPSA) is 58.6 Å². The maximum absolute atomic E-state index is 13.2. The van der Waals surface area contributed by atoms with Gasteiger partial charge in [-0.25, -0.2) is 0 Å². The Morgan fingerprint density at radius 2 is 1.68 bits per heavy atom. The summed E-state index contributed by atoms with van der Waals surface area (Å²) in [7, 11) is 1.61. The number of benzene rings is 3. The molecule has 1 heterocycles. The summed E-state index contributed by atoms with van der Waals surface area (Å²) in [6, 6.07) is 20.8. The van der Waals surface area contributed by atoms with Crippen molar-refractivity contribution in [3.8, 4) is 5.75 Å². The van der Waals surface area contributed by atoms with Crippen molar-refractivity contribution in [2.45, 2.75) is 32.9 Å². The molecule has 3 aromatic rings. The molecular formula is C26H26N2O3. The fraction of sp³-hybridized carbons (Fsp3) is 0.231. The van der Waals surface area contributed by atoms with Gasteiger partial charge in [0.2, 0.25) is 0 Å². The van der Waals surface area contributed by atoms with Crippen LogP contribution in [0.25, 0.3) is 0 Å². The smallest absolute Gasteiger partial charge is 0.258 e. The largest absolute Gasteiger partial charge is 0.497 e. The van der Waals surface area contributed by atoms with Gasteiger partial charge in [0.05, 0.1) is 7.11 Å². The van der Waals surface area contributed by atoms with Gasteiger partial charge in [-0.1, -0.05) is 29.8 Å². The van der Waals surface area contributed by atoms with E-state index < -0.39 is 0 Å². The van der Waals surface area contributed by atoms with Gasteiger partial charge >= 0.3 is 0 Å². The first-order valence-electron chi connectivity index (χ1n) is 10.4. The Balaban J connectivity index is 1.51. The maximum Gasteiger partial charge on any atom is 0.258 e. The van der Waals surface area contributed by atoms with Crippen LogP contribution in [-0.2, 0) is 13.0 Å². The van der Waals surface area contributed by atoms with Gasteiger partial charge < -0.3 is 15.0 Å². The van der Waals surface area contributed by atoms with Crippen LogP contribution in [-0.4, -0.2) is 25.0 Å². The number of fused-ring (bicyclic) bond motifs is 1. The molecule has 2 amide bonds. The molecule has 0 spiro atoms. The van der Waals surface area contributed by atoms with Gasteiger partial charge in [-0.05, 0) is 73.9 Å². The molecular weight excluding hydrogens is 388 g/mol. The fourth-order valence-corrected chi connectivity index (χ4v) is 3.93. The minimum atomic E-state index is -0.111. The van der Waals surface area contributed by atoms with Crippen LogP contribution in [0.2, 0.25) is 0 Å². The third-order valence-electron chi connectivity index (χ3n) is 5.69. The number of carbonyl (C=O) groups excluding carboxylic acids is 2. The van der Waals surface area contributed by atoms with Crippen LogP contribution >= 0.6 is 0 Å². The Kier molecular flexibility index (Phi) is 5.76. The van der Waals surface area contributed by atoms with Gasteiger partial charge in [0, 0.05) is 29.4 Å². The molecule has 1 atom stereocenters. The summed E-state index contributed by atoms with van der Waals surface area (Å²) in [5.41, 5.74) is 5.39. The van der Waals surface area contributed by atoms with Gasteiger partial charge in [-0.15, -0.1) is 0 Å². The van der Waals surface area contributed by atoms with Gasteiger partial charge in [-0.2, -0.15) is 0 Å². The minimum absolute atomic E-state index is 0.0326. The highest BCUT2D eigenvalue weighted by atomic mass is 16.5. The highest BCUT2D eigenvalue weighted by Gasteiger charge is 2.31. The van der Waals surface area contributed by atoms with Crippen molar-refractivity contribution < 1.29 is 14.3 Å². The molecule has 0 bridgehead atoms. The number of carbonyl (C=O) groups is 2. The van der Waals surface area contributed by atoms with Gasteiger partial charge in [0.15, 0.2) is 0 Å². The van der Waals surface area contributed by atoms with Crippen molar-refractivity contribution in [1.29, 1.82) is 0 Å². The molecule has 4 rings (SSSR count). The summed E-state index contributed by atoms with van der Waals surface area (Å²) in [5.74, 6) is 0.577. The van der Waals surface area contributed by atoms with E-state index in [1.54, 1.807) is 31.4 Å². The normalized spacial score (nSPS) is 14.8. The monoisotopic (exact) mass is 414 g/mol. The number of nitrogens with one attached hydrogen (secondary N) is 1. The molecule has 1 N–H and O–H groups in total. The van der Waals surface area contributed by atoms with Crippen molar-refractivity contribution in [1.82, 2.24) is 5.32 Å². The molecule has 0 fully saturated rings. The molecule has 1 unspecified atom stereocenters. The zero-order valence-electron chi connectivity index (χ0n) is 18.0. The summed E-state index contributed by atoms with van der Waals surface area (Å²) in [6.45, 7) is 4.45. The van der Waals surface area contributed by atoms with E-state index in [0.717, 1.165) is 34.5 Å². The van der Waals surface area contributed by atoms with Crippen molar-refractivity contribution in [2.24, 2.45) is 0 Å². The van der Waals surface area contributed by atoms with Crippen LogP contribution in [0.1, 0.15) is 44.3 Å². The Morgan fingerprint density at radius 3 is 2.35 bits per heavy atom. The molecule has 5 nitrogen and oxygen atoms in total. The predicted molar refractivity (Wildman–Crippen MR) is 122 cm³/mol. The molecule has 31 heavy (non-hydrogen) atoms. The molecule has 0 radical (unpaired) electrons. The molecule has 0 aromatic heterocycles. The molecule has 1 aliphatic rings. The summed E-state index contributed by atoms with van der Waals surface area (Å²) >= 11 is 0. The lowest BCUT2D eigenvalue weighted by Gasteiger charge is -2.23. The number of rotatable bonds is 5. The fourth-order valence-electron chi connectivity index (χ4n) is 3.93. The van der Waals surface area contributed by atoms with Crippen LogP contribution in [0, 0.1) is 6.92 Å². The molecule has 5 heteroatoms. The lowest BCUT2D eigenvalue weighted by atomic mass is 10.1. The van der Waals surface area contributed by atoms with E-state index in [1.807, 2.05) is 48.2 Å². The average molecular weight is 415 g/mol. The number of methoxy groups -OCH3 is 1. The van der Waals surface area contributed by atoms with Gasteiger partial charge in [-0.3, -0.25) is 9.59 Å². The Labute approximate surface area is 182 Å². The van der Waals surface area contributed by atoms with Gasteiger partial charge in [0.25, 0.3) is 11.8 Å². The third kappa shape index (κ3) is 4.31. The molecule has 1 aliphatic heterocycles. The van der Waals surface area contributed by atoms with E-state index in [0.29, 0.717) is 17.7 Å². The van der Waals surface area contributed by atoms with Crippen LogP contribution in [0.3, 0.4) is 0 Å². The number of amides is 2. The van der Waals surface area contributed by atoms with Crippen molar-refractivity contribution >= 4 is 17.5 Å². The second kappa shape index (κ2) is 8.64. The average Bonchev–Trinajstić information content (AvgIpc) is 3.12. The zero-order chi connectivity index (χ0) is 22.0. The second-order valence-corrected chi connectivity index (χ2v) is 7.97. The van der Waals surface area contributed by atoms with Crippen molar-refractivity contribution in [3.05, 3.63) is 94.5 Å². The maximum atomic E-state index is 13.2. The molecule has 158 valence electrons. The van der Waals surface area contributed by atoms with Crippen LogP contribution in [0.4, 0.5) is 5.69 Å². The summed E-state index contributed by atoms with van der Waals surface area (Å²) in [6.07, 6.45) is 0.813. The number of aryl methyl sites for hydroxylation is 1. The van der Waals surface area contributed by atoms with E-state index in [1.165, 1.54) is 0 Å². The standard InChI is InChI=1S/C26H26N2O3/c1-17-4-7-20(8-5-17)25(29)27-16-19-6-9-22-14-18(2)28(24(22)15-19)26(30)21-10-12-23(31-3)13-11-21/h4-13,15,18H,14,16H2,1-3H3,(H,27,29). The molecule has 0 saturated heterocycles. The van der Waals surface area contributed by atoms with Crippen LogP contribution < -0.4 is 15.0 Å². The highest BCUT2D eigenvalue weighted by molar-refractivity contribution is 6.07. The molecule has 0 aliphatic carbocycles. The van der Waals surface area contributed by atoms with E-state index in [-0.39, 0.29) is 17.9 Å². The minimum Gasteiger partial charge on any atom is -0.497 e. The number of nitrogens with zero attached hydrogens (tertiary/aromatic N) is 1. The van der Waals surface area contributed by atoms with E-state index in [4.69, 9.17) is 4.74 Å². The summed E-state index contributed by atoms with van der Waals surface area (Å²) in [5, 5.41) is 2.97. The third-order valence-corrected chi connectivity index (χ3v) is 5.69. The SMILES string of the molecule is COc1ccc(C(=O)N2c3cc(CNC(=O)c4ccc(C)cc4)ccc3CC2C)cc1. The lowest BCUT2D eigenvalue weighted by Crippen LogP contribution is -2.35. The number of anilines is 1. The van der Waals surface area contributed by atoms with E-state index in [2.05, 4.69) is 18.3 Å². The number of ether oxygens (including phenoxy) is 1. The van der Waals surface area contributed by atoms with Crippen molar-refractivity contribution in [3.63, 3.8) is 0 Å². The van der Waals surface area contributed by atoms with Gasteiger partial charge in [0.1, 0.15) is 5.75 Å². The second-order valence-electron chi connectivity index (χ2n) is 7.97. The number of hydrogen-bond acceptors (Lipinski definition) is 3. The van der Waals surface area contributed by atoms with Crippen LogP contribution in [0.15, 0.2) is 66.7 Å². The quantitative estimate of drug-likeness (QED) is 0.668. The highest BCUT2D eigenvalue weighted by Crippen LogP contribution is 2.34. The lowest BCUT2D eigenvalue weighted by molar-refractivity contribution is 0.0948. The summed E-state index contributed by atoms with van der Waals surface area (Å²) < 4.78 is 5.19. The Morgan fingerprint density at radius 1 is 1.00 bits per heavy atom. The summed E-state index contributed by atoms with van der Waals surface area (Å²) in [4.78, 5) is 27.5. The Bertz CT molecular complexity index is 1100. The first kappa shape index (κ1) is 20.7. The molecule has 3 aromatic carbocycles. The first-order valence-corrected chi connectivity index (χ1v) is 10.4. The van der Waals surface area contributed by atoms with Crippen LogP contribution in [0.5, 0.6) is 5.75 Å². The first-order chi connectivity index (χ1) is 15.0. The number of hydrogen-bond donors (Lipinski definition) is 1. The van der Waals surface area contributed by atoms with E-state index >= 15 is 0 Å². The van der Waals surface area contributed by atoms with Crippen molar-refractivity contribution in [2.75, 3.05) is 12.0 Å².